The number of unbranched alkanes of at least 4 members (excludes halogenated alkanes) is 1. The molecular formula is C6H11NS. The lowest BCUT2D eigenvalue weighted by Gasteiger charge is -1.90. The van der Waals surface area contributed by atoms with E-state index < -0.39 is 0 Å². The molecular weight excluding hydrogens is 118 g/mol. The molecule has 0 aliphatic heterocycles. The summed E-state index contributed by atoms with van der Waals surface area (Å²) in [5.41, 5.74) is 0. The van der Waals surface area contributed by atoms with Gasteiger partial charge < -0.3 is 0 Å². The fraction of sp³-hybridized carbons (Fsp3) is 0.833. The minimum Gasteiger partial charge on any atom is -0.198 e. The molecule has 0 atom stereocenters. The largest absolute Gasteiger partial charge is 0.198 e. The van der Waals surface area contributed by atoms with Crippen molar-refractivity contribution in [2.45, 2.75) is 19.8 Å². The first-order valence-corrected chi connectivity index (χ1v) is 4.02. The van der Waals surface area contributed by atoms with E-state index in [-0.39, 0.29) is 0 Å². The summed E-state index contributed by atoms with van der Waals surface area (Å²) < 4.78 is 0. The summed E-state index contributed by atoms with van der Waals surface area (Å²) in [6, 6.07) is 2.11. The zero-order valence-corrected chi connectivity index (χ0v) is 6.00. The highest BCUT2D eigenvalue weighted by Crippen LogP contribution is 2.01. The third-order valence-electron chi connectivity index (χ3n) is 0.781. The number of rotatable bonds is 4. The molecule has 0 unspecified atom stereocenters. The molecule has 0 aromatic carbocycles. The van der Waals surface area contributed by atoms with Gasteiger partial charge >= 0.3 is 0 Å². The second-order valence-corrected chi connectivity index (χ2v) is 2.85. The van der Waals surface area contributed by atoms with Gasteiger partial charge in [-0.1, -0.05) is 6.92 Å². The average Bonchev–Trinajstić information content (AvgIpc) is 1.81. The van der Waals surface area contributed by atoms with Gasteiger partial charge in [0.1, 0.15) is 0 Å². The van der Waals surface area contributed by atoms with Gasteiger partial charge in [-0.3, -0.25) is 0 Å². The molecule has 1 nitrogen and oxygen atoms in total. The lowest BCUT2D eigenvalue weighted by atomic mass is 10.4. The monoisotopic (exact) mass is 129 g/mol. The summed E-state index contributed by atoms with van der Waals surface area (Å²) in [4.78, 5) is 0. The Morgan fingerprint density at radius 1 is 1.62 bits per heavy atom. The Balaban J connectivity index is 2.65. The van der Waals surface area contributed by atoms with Crippen molar-refractivity contribution < 1.29 is 0 Å². The number of nitrogens with zero attached hydrogens (tertiary/aromatic N) is 1. The third-order valence-corrected chi connectivity index (χ3v) is 1.77. The first-order chi connectivity index (χ1) is 3.91. The topological polar surface area (TPSA) is 23.8 Å². The molecule has 0 saturated carbocycles. The van der Waals surface area contributed by atoms with Crippen molar-refractivity contribution in [3.63, 3.8) is 0 Å². The molecule has 0 saturated heterocycles. The molecule has 0 amide bonds. The van der Waals surface area contributed by atoms with Crippen LogP contribution in [0.4, 0.5) is 0 Å². The molecule has 0 spiro atoms. The first kappa shape index (κ1) is 7.84. The van der Waals surface area contributed by atoms with Gasteiger partial charge in [-0.05, 0) is 17.9 Å². The fourth-order valence-electron chi connectivity index (χ4n) is 0.398. The Labute approximate surface area is 55.1 Å². The van der Waals surface area contributed by atoms with Gasteiger partial charge in [-0.25, -0.2) is 0 Å². The van der Waals surface area contributed by atoms with Gasteiger partial charge in [0, 0.05) is 6.42 Å². The fourth-order valence-corrected chi connectivity index (χ4v) is 1.03. The van der Waals surface area contributed by atoms with Crippen LogP contribution in [-0.4, -0.2) is 11.5 Å². The van der Waals surface area contributed by atoms with E-state index >= 15 is 0 Å². The minimum absolute atomic E-state index is 0.715. The van der Waals surface area contributed by atoms with Crippen LogP contribution in [-0.2, 0) is 0 Å². The highest BCUT2D eigenvalue weighted by atomic mass is 32.2. The van der Waals surface area contributed by atoms with Crippen molar-refractivity contribution in [2.75, 3.05) is 11.5 Å². The lowest BCUT2D eigenvalue weighted by molar-refractivity contribution is 0.981. The van der Waals surface area contributed by atoms with E-state index in [9.17, 15) is 0 Å². The Morgan fingerprint density at radius 2 is 2.38 bits per heavy atom. The molecule has 46 valence electrons. The highest BCUT2D eigenvalue weighted by Gasteiger charge is 1.83. The van der Waals surface area contributed by atoms with E-state index in [0.29, 0.717) is 6.42 Å². The molecule has 0 heterocycles. The molecule has 0 N–H and O–H groups in total. The maximum Gasteiger partial charge on any atom is 0.0622 e. The van der Waals surface area contributed by atoms with Gasteiger partial charge in [0.25, 0.3) is 0 Å². The van der Waals surface area contributed by atoms with Crippen LogP contribution in [0.2, 0.25) is 0 Å². The van der Waals surface area contributed by atoms with Crippen LogP contribution in [0, 0.1) is 11.3 Å². The lowest BCUT2D eigenvalue weighted by Crippen LogP contribution is -1.77. The predicted octanol–water partition coefficient (Wildman–Crippen LogP) is 2.04. The first-order valence-electron chi connectivity index (χ1n) is 2.86. The Morgan fingerprint density at radius 3 is 2.88 bits per heavy atom. The van der Waals surface area contributed by atoms with Crippen molar-refractivity contribution in [1.82, 2.24) is 0 Å². The standard InChI is InChI=1S/C6H11NS/c1-2-8-6-4-3-5-7/h2-4,6H2,1H3. The van der Waals surface area contributed by atoms with Crippen LogP contribution in [0.25, 0.3) is 0 Å². The molecule has 0 aromatic heterocycles. The van der Waals surface area contributed by atoms with Gasteiger partial charge in [-0.15, -0.1) is 0 Å². The summed E-state index contributed by atoms with van der Waals surface area (Å²) in [6.45, 7) is 2.14. The number of hydrogen-bond acceptors (Lipinski definition) is 2. The van der Waals surface area contributed by atoms with Gasteiger partial charge in [-0.2, -0.15) is 17.0 Å². The van der Waals surface area contributed by atoms with E-state index in [4.69, 9.17) is 5.26 Å². The predicted molar refractivity (Wildman–Crippen MR) is 37.8 cm³/mol. The summed E-state index contributed by atoms with van der Waals surface area (Å²) >= 11 is 1.90. The van der Waals surface area contributed by atoms with Crippen molar-refractivity contribution >= 4 is 11.8 Å². The number of thioether (sulfide) groups is 1. The smallest absolute Gasteiger partial charge is 0.0622 e. The highest BCUT2D eigenvalue weighted by molar-refractivity contribution is 7.99. The third kappa shape index (κ3) is 5.84. The maximum atomic E-state index is 8.11. The molecule has 0 radical (unpaired) electrons. The molecule has 0 bridgehead atoms. The van der Waals surface area contributed by atoms with Crippen LogP contribution in [0.5, 0.6) is 0 Å². The van der Waals surface area contributed by atoms with Crippen molar-refractivity contribution in [1.29, 1.82) is 5.26 Å². The average molecular weight is 129 g/mol. The zero-order valence-electron chi connectivity index (χ0n) is 5.18. The zero-order chi connectivity index (χ0) is 6.24. The maximum absolute atomic E-state index is 8.11. The number of hydrogen-bond donors (Lipinski definition) is 0. The van der Waals surface area contributed by atoms with Gasteiger partial charge in [0.2, 0.25) is 0 Å². The molecule has 2 heteroatoms. The van der Waals surface area contributed by atoms with Crippen LogP contribution < -0.4 is 0 Å². The van der Waals surface area contributed by atoms with E-state index in [1.165, 1.54) is 5.75 Å². The van der Waals surface area contributed by atoms with Crippen molar-refractivity contribution in [2.24, 2.45) is 0 Å². The SMILES string of the molecule is CCSCCCC#N. The van der Waals surface area contributed by atoms with Crippen LogP contribution in [0.1, 0.15) is 19.8 Å². The van der Waals surface area contributed by atoms with E-state index in [1.54, 1.807) is 0 Å². The van der Waals surface area contributed by atoms with Crippen molar-refractivity contribution in [3.8, 4) is 6.07 Å². The summed E-state index contributed by atoms with van der Waals surface area (Å²) in [6.07, 6.45) is 1.77. The van der Waals surface area contributed by atoms with Crippen LogP contribution in [0.3, 0.4) is 0 Å². The van der Waals surface area contributed by atoms with E-state index in [1.807, 2.05) is 11.8 Å². The molecule has 0 fully saturated rings. The summed E-state index contributed by atoms with van der Waals surface area (Å²) in [7, 11) is 0. The normalized spacial score (nSPS) is 8.50. The minimum atomic E-state index is 0.715. The van der Waals surface area contributed by atoms with Gasteiger partial charge in [0.15, 0.2) is 0 Å². The van der Waals surface area contributed by atoms with Crippen LogP contribution >= 0.6 is 11.8 Å². The second-order valence-electron chi connectivity index (χ2n) is 1.46. The van der Waals surface area contributed by atoms with E-state index in [0.717, 1.165) is 12.2 Å². The Hall–Kier alpha value is -0.160. The molecule has 0 aromatic rings. The Kier molecular flexibility index (Phi) is 6.70. The number of nitriles is 1. The Bertz CT molecular complexity index is 75.1. The van der Waals surface area contributed by atoms with Gasteiger partial charge in [0.05, 0.1) is 6.07 Å². The summed E-state index contributed by atoms with van der Waals surface area (Å²) in [5.74, 6) is 2.31. The van der Waals surface area contributed by atoms with E-state index in [2.05, 4.69) is 13.0 Å². The summed E-state index contributed by atoms with van der Waals surface area (Å²) in [5, 5.41) is 8.11. The molecule has 0 aliphatic carbocycles. The second kappa shape index (κ2) is 6.84. The van der Waals surface area contributed by atoms with Crippen molar-refractivity contribution in [3.05, 3.63) is 0 Å². The molecule has 0 rings (SSSR count). The molecule has 0 aliphatic rings. The molecule has 8 heavy (non-hydrogen) atoms. The quantitative estimate of drug-likeness (QED) is 0.542. The van der Waals surface area contributed by atoms with Crippen LogP contribution in [0.15, 0.2) is 0 Å².